The van der Waals surface area contributed by atoms with E-state index in [9.17, 15) is 4.79 Å². The maximum absolute atomic E-state index is 12.5. The molecule has 5 nitrogen and oxygen atoms in total. The third kappa shape index (κ3) is 6.63. The minimum absolute atomic E-state index is 0.100. The average molecular weight is 463 g/mol. The monoisotopic (exact) mass is 462 g/mol. The predicted molar refractivity (Wildman–Crippen MR) is 138 cm³/mol. The van der Waals surface area contributed by atoms with Crippen LogP contribution in [0, 0.1) is 0 Å². The van der Waals surface area contributed by atoms with Gasteiger partial charge in [-0.25, -0.2) is 0 Å². The van der Waals surface area contributed by atoms with Crippen LogP contribution >= 0.6 is 11.3 Å². The van der Waals surface area contributed by atoms with Crippen molar-refractivity contribution in [1.82, 2.24) is 5.32 Å². The first-order valence-corrected chi connectivity index (χ1v) is 11.7. The van der Waals surface area contributed by atoms with E-state index in [1.807, 2.05) is 37.3 Å². The zero-order valence-electron chi connectivity index (χ0n) is 19.4. The molecule has 0 atom stereocenters. The Bertz CT molecular complexity index is 1180. The van der Waals surface area contributed by atoms with E-state index in [-0.39, 0.29) is 5.91 Å². The molecule has 2 aromatic carbocycles. The third-order valence-electron chi connectivity index (χ3n) is 5.01. The molecule has 33 heavy (non-hydrogen) atoms. The molecule has 0 unspecified atom stereocenters. The van der Waals surface area contributed by atoms with Crippen LogP contribution < -0.4 is 5.32 Å². The number of carbonyl (C=O) groups excluding carboxylic acids is 1. The molecule has 1 amide bonds. The van der Waals surface area contributed by atoms with Gasteiger partial charge < -0.3 is 14.8 Å². The Morgan fingerprint density at radius 3 is 2.76 bits per heavy atom. The number of rotatable bonds is 11. The second-order valence-corrected chi connectivity index (χ2v) is 8.62. The van der Waals surface area contributed by atoms with Gasteiger partial charge in [0, 0.05) is 41.8 Å². The summed E-state index contributed by atoms with van der Waals surface area (Å²) in [5.41, 5.74) is 3.72. The topological polar surface area (TPSA) is 59.9 Å². The van der Waals surface area contributed by atoms with Crippen LogP contribution in [-0.4, -0.2) is 46.0 Å². The highest BCUT2D eigenvalue weighted by molar-refractivity contribution is 7.19. The van der Waals surface area contributed by atoms with Gasteiger partial charge in [0.15, 0.2) is 0 Å². The number of thiophene rings is 1. The van der Waals surface area contributed by atoms with Crippen molar-refractivity contribution in [2.45, 2.75) is 13.3 Å². The Balaban J connectivity index is 1.85. The van der Waals surface area contributed by atoms with Crippen LogP contribution in [-0.2, 0) is 15.9 Å². The van der Waals surface area contributed by atoms with E-state index >= 15 is 0 Å². The standard InChI is InChI=1S/C27H30N2O3S/c1-5-28-18-23(32-4)14-19(2)15-24-17-21-9-7-11-25(26(21)33-24)20-8-6-10-22(16-20)27(30)29-12-13-31-3/h6-11,14,16-18H,2,5,12-13,15H2,1,3-4H3,(H,29,30). The van der Waals surface area contributed by atoms with E-state index < -0.39 is 0 Å². The van der Waals surface area contributed by atoms with Gasteiger partial charge in [0.2, 0.25) is 0 Å². The van der Waals surface area contributed by atoms with Crippen LogP contribution in [0.2, 0.25) is 0 Å². The first-order valence-electron chi connectivity index (χ1n) is 10.9. The van der Waals surface area contributed by atoms with Crippen molar-refractivity contribution < 1.29 is 14.3 Å². The SMILES string of the molecule is C=C(C=C(C=NCC)OC)Cc1cc2cccc(-c3cccc(C(=O)NCCOC)c3)c2s1. The van der Waals surface area contributed by atoms with Crippen LogP contribution in [0.25, 0.3) is 21.2 Å². The zero-order chi connectivity index (χ0) is 23.6. The van der Waals surface area contributed by atoms with Gasteiger partial charge in [0.1, 0.15) is 5.76 Å². The maximum Gasteiger partial charge on any atom is 0.251 e. The summed E-state index contributed by atoms with van der Waals surface area (Å²) in [6, 6.07) is 16.2. The zero-order valence-corrected chi connectivity index (χ0v) is 20.2. The highest BCUT2D eigenvalue weighted by Crippen LogP contribution is 2.36. The number of fused-ring (bicyclic) bond motifs is 1. The molecule has 1 N–H and O–H groups in total. The number of aliphatic imine (C=N–C) groups is 1. The van der Waals surface area contributed by atoms with Gasteiger partial charge in [0.05, 0.1) is 19.9 Å². The Labute approximate surface area is 199 Å². The van der Waals surface area contributed by atoms with Gasteiger partial charge in [0.25, 0.3) is 5.91 Å². The van der Waals surface area contributed by atoms with E-state index in [0.29, 0.717) is 31.0 Å². The number of hydrogen-bond donors (Lipinski definition) is 1. The van der Waals surface area contributed by atoms with Crippen molar-refractivity contribution in [1.29, 1.82) is 0 Å². The van der Waals surface area contributed by atoms with E-state index in [2.05, 4.69) is 41.2 Å². The molecule has 6 heteroatoms. The van der Waals surface area contributed by atoms with Gasteiger partial charge >= 0.3 is 0 Å². The smallest absolute Gasteiger partial charge is 0.251 e. The molecule has 0 aliphatic rings. The molecule has 0 radical (unpaired) electrons. The molecular formula is C27H30N2O3S. The fourth-order valence-electron chi connectivity index (χ4n) is 3.43. The number of hydrogen-bond acceptors (Lipinski definition) is 5. The van der Waals surface area contributed by atoms with Gasteiger partial charge in [-0.3, -0.25) is 9.79 Å². The highest BCUT2D eigenvalue weighted by atomic mass is 32.1. The molecule has 0 fully saturated rings. The molecule has 3 rings (SSSR count). The van der Waals surface area contributed by atoms with Crippen molar-refractivity contribution in [2.75, 3.05) is 33.9 Å². The Morgan fingerprint density at radius 2 is 2.00 bits per heavy atom. The summed E-state index contributed by atoms with van der Waals surface area (Å²) in [7, 11) is 3.25. The molecular weight excluding hydrogens is 432 g/mol. The van der Waals surface area contributed by atoms with E-state index in [1.165, 1.54) is 15.0 Å². The fraction of sp³-hybridized carbons (Fsp3) is 0.259. The fourth-order valence-corrected chi connectivity index (χ4v) is 4.68. The molecule has 0 saturated carbocycles. The number of benzene rings is 2. The second kappa shape index (κ2) is 12.1. The Morgan fingerprint density at radius 1 is 1.18 bits per heavy atom. The van der Waals surface area contributed by atoms with Crippen LogP contribution in [0.4, 0.5) is 0 Å². The average Bonchev–Trinajstić information content (AvgIpc) is 3.24. The van der Waals surface area contributed by atoms with Crippen molar-refractivity contribution in [3.05, 3.63) is 83.0 Å². The molecule has 3 aromatic rings. The maximum atomic E-state index is 12.5. The Hall–Kier alpha value is -3.22. The van der Waals surface area contributed by atoms with Gasteiger partial charge in [-0.15, -0.1) is 11.3 Å². The molecule has 172 valence electrons. The van der Waals surface area contributed by atoms with Crippen molar-refractivity contribution in [3.63, 3.8) is 0 Å². The number of nitrogens with zero attached hydrogens (tertiary/aromatic N) is 1. The lowest BCUT2D eigenvalue weighted by atomic mass is 10.0. The first kappa shape index (κ1) is 24.4. The third-order valence-corrected chi connectivity index (χ3v) is 6.19. The van der Waals surface area contributed by atoms with Crippen molar-refractivity contribution >= 4 is 33.5 Å². The molecule has 0 spiro atoms. The number of methoxy groups -OCH3 is 2. The van der Waals surface area contributed by atoms with Crippen LogP contribution in [0.1, 0.15) is 22.2 Å². The number of nitrogens with one attached hydrogen (secondary N) is 1. The summed E-state index contributed by atoms with van der Waals surface area (Å²) in [5, 5.41) is 4.06. The lowest BCUT2D eigenvalue weighted by molar-refractivity contribution is 0.0937. The first-order chi connectivity index (χ1) is 16.0. The summed E-state index contributed by atoms with van der Waals surface area (Å²) < 4.78 is 11.6. The predicted octanol–water partition coefficient (Wildman–Crippen LogP) is 5.66. The van der Waals surface area contributed by atoms with E-state index in [4.69, 9.17) is 9.47 Å². The molecule has 0 saturated heterocycles. The van der Waals surface area contributed by atoms with Gasteiger partial charge in [-0.1, -0.05) is 36.9 Å². The summed E-state index contributed by atoms with van der Waals surface area (Å²) in [6.45, 7) is 7.86. The second-order valence-electron chi connectivity index (χ2n) is 7.48. The normalized spacial score (nSPS) is 11.8. The number of carbonyl (C=O) groups is 1. The largest absolute Gasteiger partial charge is 0.495 e. The van der Waals surface area contributed by atoms with Crippen molar-refractivity contribution in [3.8, 4) is 11.1 Å². The minimum Gasteiger partial charge on any atom is -0.495 e. The minimum atomic E-state index is -0.100. The van der Waals surface area contributed by atoms with Gasteiger partial charge in [-0.2, -0.15) is 0 Å². The summed E-state index contributed by atoms with van der Waals surface area (Å²) >= 11 is 1.75. The molecule has 0 aliphatic carbocycles. The van der Waals surface area contributed by atoms with E-state index in [0.717, 1.165) is 23.1 Å². The molecule has 1 heterocycles. The molecule has 0 aliphatic heterocycles. The van der Waals surface area contributed by atoms with Crippen molar-refractivity contribution in [2.24, 2.45) is 4.99 Å². The van der Waals surface area contributed by atoms with E-state index in [1.54, 1.807) is 31.8 Å². The summed E-state index contributed by atoms with van der Waals surface area (Å²) in [5.74, 6) is 0.598. The van der Waals surface area contributed by atoms with Crippen LogP contribution in [0.3, 0.4) is 0 Å². The molecule has 0 bridgehead atoms. The lowest BCUT2D eigenvalue weighted by Crippen LogP contribution is -2.26. The number of allylic oxidation sites excluding steroid dienone is 3. The van der Waals surface area contributed by atoms with Crippen LogP contribution in [0.15, 0.2) is 77.5 Å². The summed E-state index contributed by atoms with van der Waals surface area (Å²) in [4.78, 5) is 17.9. The molecule has 1 aromatic heterocycles. The lowest BCUT2D eigenvalue weighted by Gasteiger charge is -2.08. The highest BCUT2D eigenvalue weighted by Gasteiger charge is 2.11. The Kier molecular flexibility index (Phi) is 8.98. The number of ether oxygens (including phenoxy) is 2. The number of amides is 1. The van der Waals surface area contributed by atoms with Crippen LogP contribution in [0.5, 0.6) is 0 Å². The quantitative estimate of drug-likeness (QED) is 0.173. The summed E-state index contributed by atoms with van der Waals surface area (Å²) in [6.07, 6.45) is 4.39. The van der Waals surface area contributed by atoms with Gasteiger partial charge in [-0.05, 0) is 53.3 Å².